The third kappa shape index (κ3) is 4.34. The molecule has 0 spiro atoms. The zero-order valence-electron chi connectivity index (χ0n) is 14.3. The van der Waals surface area contributed by atoms with Crippen molar-refractivity contribution in [3.8, 4) is 5.75 Å². The Labute approximate surface area is 133 Å². The lowest BCUT2D eigenvalue weighted by atomic mass is 10.1. The molecule has 2 aromatic rings. The molecule has 0 saturated heterocycles. The number of nitrogens with zero attached hydrogens (tertiary/aromatic N) is 2. The van der Waals surface area contributed by atoms with Gasteiger partial charge in [0.15, 0.2) is 0 Å². The minimum Gasteiger partial charge on any atom is -0.490 e. The number of ether oxygens (including phenoxy) is 1. The van der Waals surface area contributed by atoms with Gasteiger partial charge in [-0.15, -0.1) is 0 Å². The van der Waals surface area contributed by atoms with E-state index in [4.69, 9.17) is 4.74 Å². The minimum absolute atomic E-state index is 0.233. The fourth-order valence-corrected chi connectivity index (χ4v) is 2.26. The number of aryl methyl sites for hydroxylation is 2. The predicted octanol–water partition coefficient (Wildman–Crippen LogP) is 3.76. The Morgan fingerprint density at radius 3 is 2.73 bits per heavy atom. The van der Waals surface area contributed by atoms with Crippen LogP contribution >= 0.6 is 0 Å². The minimum atomic E-state index is 0.233. The molecule has 1 aromatic heterocycles. The highest BCUT2D eigenvalue weighted by molar-refractivity contribution is 5.37. The van der Waals surface area contributed by atoms with E-state index in [1.165, 1.54) is 16.7 Å². The molecule has 0 aliphatic rings. The number of rotatable bonds is 7. The van der Waals surface area contributed by atoms with Crippen LogP contribution in [0.1, 0.15) is 49.9 Å². The van der Waals surface area contributed by atoms with Crippen molar-refractivity contribution in [2.75, 3.05) is 0 Å². The second kappa shape index (κ2) is 7.45. The average Bonchev–Trinajstić information content (AvgIpc) is 2.92. The molecule has 0 aliphatic heterocycles. The summed E-state index contributed by atoms with van der Waals surface area (Å²) in [6.07, 6.45) is 5.19. The molecule has 120 valence electrons. The predicted molar refractivity (Wildman–Crippen MR) is 90.0 cm³/mol. The largest absolute Gasteiger partial charge is 0.490 e. The molecule has 0 radical (unpaired) electrons. The monoisotopic (exact) mass is 301 g/mol. The molecule has 0 bridgehead atoms. The zero-order valence-corrected chi connectivity index (χ0v) is 14.3. The molecule has 4 heteroatoms. The lowest BCUT2D eigenvalue weighted by Crippen LogP contribution is -2.19. The van der Waals surface area contributed by atoms with E-state index in [0.29, 0.717) is 0 Å². The standard InChI is InChI=1S/C18H27N3O/c1-6-14(3)22-18-9-13(2)7-8-16(18)10-19-15(4)17-11-20-21(5)12-17/h7-9,11-12,14-15,19H,6,10H2,1-5H3/t14-,15+/m0/s1. The molecule has 1 aromatic carbocycles. The van der Waals surface area contributed by atoms with Gasteiger partial charge in [0.05, 0.1) is 12.3 Å². The van der Waals surface area contributed by atoms with Crippen LogP contribution in [0.25, 0.3) is 0 Å². The molecular weight excluding hydrogens is 274 g/mol. The van der Waals surface area contributed by atoms with Gasteiger partial charge in [-0.1, -0.05) is 19.1 Å². The highest BCUT2D eigenvalue weighted by Gasteiger charge is 2.11. The van der Waals surface area contributed by atoms with Crippen LogP contribution in [0.5, 0.6) is 5.75 Å². The van der Waals surface area contributed by atoms with Crippen LogP contribution in [0.2, 0.25) is 0 Å². The van der Waals surface area contributed by atoms with Gasteiger partial charge in [0.1, 0.15) is 5.75 Å². The quantitative estimate of drug-likeness (QED) is 0.846. The van der Waals surface area contributed by atoms with Crippen LogP contribution in [0.3, 0.4) is 0 Å². The summed E-state index contributed by atoms with van der Waals surface area (Å²) in [4.78, 5) is 0. The van der Waals surface area contributed by atoms with Crippen LogP contribution in [0.4, 0.5) is 0 Å². The molecule has 0 aliphatic carbocycles. The summed E-state index contributed by atoms with van der Waals surface area (Å²) in [6.45, 7) is 9.28. The topological polar surface area (TPSA) is 39.1 Å². The first-order valence-corrected chi connectivity index (χ1v) is 7.97. The Hall–Kier alpha value is -1.81. The van der Waals surface area contributed by atoms with Gasteiger partial charge in [0, 0.05) is 37.0 Å². The Bertz CT molecular complexity index is 606. The third-order valence-electron chi connectivity index (χ3n) is 3.95. The molecule has 2 atom stereocenters. The van der Waals surface area contributed by atoms with Gasteiger partial charge < -0.3 is 10.1 Å². The SMILES string of the molecule is CC[C@H](C)Oc1cc(C)ccc1CN[C@H](C)c1cnn(C)c1. The fraction of sp³-hybridized carbons (Fsp3) is 0.500. The van der Waals surface area contributed by atoms with Crippen molar-refractivity contribution in [2.24, 2.45) is 7.05 Å². The Balaban J connectivity index is 2.05. The van der Waals surface area contributed by atoms with E-state index < -0.39 is 0 Å². The maximum atomic E-state index is 6.06. The van der Waals surface area contributed by atoms with E-state index in [9.17, 15) is 0 Å². The summed E-state index contributed by atoms with van der Waals surface area (Å²) in [6, 6.07) is 6.66. The van der Waals surface area contributed by atoms with Crippen molar-refractivity contribution in [1.29, 1.82) is 0 Å². The molecule has 1 heterocycles. The zero-order chi connectivity index (χ0) is 16.1. The molecular formula is C18H27N3O. The van der Waals surface area contributed by atoms with E-state index in [2.05, 4.69) is 56.3 Å². The first-order chi connectivity index (χ1) is 10.5. The average molecular weight is 301 g/mol. The summed E-state index contributed by atoms with van der Waals surface area (Å²) in [5.74, 6) is 0.986. The lowest BCUT2D eigenvalue weighted by Gasteiger charge is -2.18. The normalized spacial score (nSPS) is 13.9. The van der Waals surface area contributed by atoms with Crippen molar-refractivity contribution < 1.29 is 4.74 Å². The number of benzene rings is 1. The van der Waals surface area contributed by atoms with Gasteiger partial charge in [-0.3, -0.25) is 4.68 Å². The van der Waals surface area contributed by atoms with Crippen molar-refractivity contribution in [3.63, 3.8) is 0 Å². The van der Waals surface area contributed by atoms with E-state index >= 15 is 0 Å². The molecule has 4 nitrogen and oxygen atoms in total. The van der Waals surface area contributed by atoms with Gasteiger partial charge in [0.2, 0.25) is 0 Å². The van der Waals surface area contributed by atoms with Crippen molar-refractivity contribution in [3.05, 3.63) is 47.3 Å². The first-order valence-electron chi connectivity index (χ1n) is 7.97. The highest BCUT2D eigenvalue weighted by Crippen LogP contribution is 2.23. The van der Waals surface area contributed by atoms with E-state index in [-0.39, 0.29) is 12.1 Å². The molecule has 2 rings (SSSR count). The maximum Gasteiger partial charge on any atom is 0.124 e. The fourth-order valence-electron chi connectivity index (χ4n) is 2.26. The summed E-state index contributed by atoms with van der Waals surface area (Å²) in [5, 5.41) is 7.77. The smallest absolute Gasteiger partial charge is 0.124 e. The molecule has 1 N–H and O–H groups in total. The molecule has 0 saturated carbocycles. The lowest BCUT2D eigenvalue weighted by molar-refractivity contribution is 0.214. The highest BCUT2D eigenvalue weighted by atomic mass is 16.5. The first kappa shape index (κ1) is 16.6. The molecule has 0 fully saturated rings. The van der Waals surface area contributed by atoms with Gasteiger partial charge >= 0.3 is 0 Å². The maximum absolute atomic E-state index is 6.06. The van der Waals surface area contributed by atoms with E-state index in [1.54, 1.807) is 0 Å². The van der Waals surface area contributed by atoms with E-state index in [0.717, 1.165) is 18.7 Å². The van der Waals surface area contributed by atoms with Gasteiger partial charge in [-0.25, -0.2) is 0 Å². The van der Waals surface area contributed by atoms with Gasteiger partial charge in [0.25, 0.3) is 0 Å². The van der Waals surface area contributed by atoms with Crippen LogP contribution < -0.4 is 10.1 Å². The number of hydrogen-bond donors (Lipinski definition) is 1. The molecule has 0 amide bonds. The molecule has 22 heavy (non-hydrogen) atoms. The third-order valence-corrected chi connectivity index (χ3v) is 3.95. The number of hydrogen-bond acceptors (Lipinski definition) is 3. The summed E-state index contributed by atoms with van der Waals surface area (Å²) in [7, 11) is 1.94. The van der Waals surface area contributed by atoms with Crippen LogP contribution in [0.15, 0.2) is 30.6 Å². The second-order valence-corrected chi connectivity index (χ2v) is 6.00. The van der Waals surface area contributed by atoms with Crippen LogP contribution in [0, 0.1) is 6.92 Å². The van der Waals surface area contributed by atoms with Crippen LogP contribution in [-0.2, 0) is 13.6 Å². The van der Waals surface area contributed by atoms with Gasteiger partial charge in [-0.05, 0) is 38.8 Å². The van der Waals surface area contributed by atoms with Crippen molar-refractivity contribution in [1.82, 2.24) is 15.1 Å². The summed E-state index contributed by atoms with van der Waals surface area (Å²) >= 11 is 0. The van der Waals surface area contributed by atoms with E-state index in [1.807, 2.05) is 24.1 Å². The number of aromatic nitrogens is 2. The number of nitrogens with one attached hydrogen (secondary N) is 1. The Morgan fingerprint density at radius 2 is 2.09 bits per heavy atom. The van der Waals surface area contributed by atoms with Crippen molar-refractivity contribution in [2.45, 2.75) is 52.8 Å². The van der Waals surface area contributed by atoms with Crippen molar-refractivity contribution >= 4 is 0 Å². The summed E-state index contributed by atoms with van der Waals surface area (Å²) in [5.41, 5.74) is 3.61. The van der Waals surface area contributed by atoms with Gasteiger partial charge in [-0.2, -0.15) is 5.10 Å². The Kier molecular flexibility index (Phi) is 5.61. The molecule has 0 unspecified atom stereocenters. The second-order valence-electron chi connectivity index (χ2n) is 6.00. The Morgan fingerprint density at radius 1 is 1.32 bits per heavy atom. The summed E-state index contributed by atoms with van der Waals surface area (Å²) < 4.78 is 7.89. The van der Waals surface area contributed by atoms with Crippen LogP contribution in [-0.4, -0.2) is 15.9 Å².